The number of carbonyl (C=O) groups is 2. The Bertz CT molecular complexity index is 1060. The number of hydrogen-bond donors (Lipinski definition) is 1. The quantitative estimate of drug-likeness (QED) is 0.681. The number of fused-ring (bicyclic) bond motifs is 1. The fraction of sp³-hybridized carbons (Fsp3) is 0.190. The number of anilines is 2. The summed E-state index contributed by atoms with van der Waals surface area (Å²) in [6.45, 7) is 4.42. The van der Waals surface area contributed by atoms with Crippen molar-refractivity contribution in [2.45, 2.75) is 25.3 Å². The average molecular weight is 410 g/mol. The lowest BCUT2D eigenvalue weighted by molar-refractivity contribution is -0.116. The van der Waals surface area contributed by atoms with E-state index in [4.69, 9.17) is 0 Å². The molecular formula is C21H19N3O2S2. The summed E-state index contributed by atoms with van der Waals surface area (Å²) in [7, 11) is 0. The highest BCUT2D eigenvalue weighted by Gasteiger charge is 2.25. The van der Waals surface area contributed by atoms with Gasteiger partial charge in [0.2, 0.25) is 5.91 Å². The van der Waals surface area contributed by atoms with Crippen LogP contribution in [0.15, 0.2) is 52.7 Å². The van der Waals surface area contributed by atoms with Gasteiger partial charge in [0.05, 0.1) is 18.0 Å². The van der Waals surface area contributed by atoms with Crippen molar-refractivity contribution < 1.29 is 9.59 Å². The Kier molecular flexibility index (Phi) is 5.19. The molecule has 142 valence electrons. The lowest BCUT2D eigenvalue weighted by Gasteiger charge is -2.28. The monoisotopic (exact) mass is 409 g/mol. The van der Waals surface area contributed by atoms with Gasteiger partial charge in [0, 0.05) is 16.0 Å². The van der Waals surface area contributed by atoms with E-state index in [9.17, 15) is 9.59 Å². The zero-order valence-corrected chi connectivity index (χ0v) is 17.2. The van der Waals surface area contributed by atoms with Crippen molar-refractivity contribution in [1.82, 2.24) is 4.98 Å². The molecule has 0 saturated carbocycles. The Balaban J connectivity index is 1.49. The minimum Gasteiger partial charge on any atom is -0.321 e. The summed E-state index contributed by atoms with van der Waals surface area (Å²) in [5, 5.41) is 5.36. The van der Waals surface area contributed by atoms with Crippen molar-refractivity contribution in [3.63, 3.8) is 0 Å². The van der Waals surface area contributed by atoms with E-state index in [1.54, 1.807) is 22.0 Å². The topological polar surface area (TPSA) is 62.3 Å². The van der Waals surface area contributed by atoms with Crippen LogP contribution < -0.4 is 10.2 Å². The highest BCUT2D eigenvalue weighted by Crippen LogP contribution is 2.36. The van der Waals surface area contributed by atoms with Gasteiger partial charge in [-0.05, 0) is 49.2 Å². The smallest absolute Gasteiger partial charge is 0.275 e. The summed E-state index contributed by atoms with van der Waals surface area (Å²) in [6.07, 6.45) is 0. The fourth-order valence-electron chi connectivity index (χ4n) is 2.96. The number of nitrogens with one attached hydrogen (secondary N) is 1. The lowest BCUT2D eigenvalue weighted by Crippen LogP contribution is -2.34. The fourth-order valence-corrected chi connectivity index (χ4v) is 4.66. The highest BCUT2D eigenvalue weighted by atomic mass is 32.2. The summed E-state index contributed by atoms with van der Waals surface area (Å²) in [4.78, 5) is 32.2. The number of carbonyl (C=O) groups excluding carboxylic acids is 2. The number of thiazole rings is 1. The lowest BCUT2D eigenvalue weighted by atomic mass is 10.1. The van der Waals surface area contributed by atoms with Crippen molar-refractivity contribution in [2.24, 2.45) is 0 Å². The molecule has 0 aliphatic carbocycles. The van der Waals surface area contributed by atoms with E-state index in [-0.39, 0.29) is 11.8 Å². The third-order valence-corrected chi connectivity index (χ3v) is 6.53. The highest BCUT2D eigenvalue weighted by molar-refractivity contribution is 8.00. The van der Waals surface area contributed by atoms with E-state index in [1.807, 2.05) is 56.3 Å². The van der Waals surface area contributed by atoms with Crippen molar-refractivity contribution in [1.29, 1.82) is 0 Å². The second-order valence-corrected chi connectivity index (χ2v) is 8.58. The van der Waals surface area contributed by atoms with E-state index in [1.165, 1.54) is 16.9 Å². The summed E-state index contributed by atoms with van der Waals surface area (Å²) in [5.41, 5.74) is 4.32. The standard InChI is InChI=1S/C21H19N3O2S2/c1-13-7-8-15(9-14(13)2)22-21(26)16-11-28-19(23-16)10-24-17-5-3-4-6-18(17)27-12-20(24)25/h3-9,11H,10,12H2,1-2H3,(H,22,26). The van der Waals surface area contributed by atoms with Gasteiger partial charge in [0.15, 0.2) is 0 Å². The molecule has 1 N–H and O–H groups in total. The van der Waals surface area contributed by atoms with Crippen LogP contribution in [0.25, 0.3) is 0 Å². The molecule has 0 fully saturated rings. The van der Waals surface area contributed by atoms with Crippen LogP contribution in [0.3, 0.4) is 0 Å². The largest absolute Gasteiger partial charge is 0.321 e. The molecule has 7 heteroatoms. The van der Waals surface area contributed by atoms with Crippen LogP contribution in [0.2, 0.25) is 0 Å². The zero-order valence-electron chi connectivity index (χ0n) is 15.6. The average Bonchev–Trinajstić information content (AvgIpc) is 3.16. The van der Waals surface area contributed by atoms with Crippen LogP contribution in [0, 0.1) is 13.8 Å². The molecule has 2 amide bonds. The minimum absolute atomic E-state index is 0.0556. The molecule has 1 aliphatic rings. The first kappa shape index (κ1) is 18.7. The molecule has 0 radical (unpaired) electrons. The number of benzene rings is 2. The van der Waals surface area contributed by atoms with Crippen LogP contribution in [0.1, 0.15) is 26.6 Å². The van der Waals surface area contributed by atoms with Crippen LogP contribution in [0.4, 0.5) is 11.4 Å². The summed E-state index contributed by atoms with van der Waals surface area (Å²) in [6, 6.07) is 13.7. The summed E-state index contributed by atoms with van der Waals surface area (Å²) in [5.74, 6) is 0.231. The van der Waals surface area contributed by atoms with E-state index < -0.39 is 0 Å². The third-order valence-electron chi connectivity index (χ3n) is 4.65. The van der Waals surface area contributed by atoms with Crippen molar-refractivity contribution in [3.05, 3.63) is 69.7 Å². The van der Waals surface area contributed by atoms with E-state index in [0.717, 1.165) is 26.8 Å². The van der Waals surface area contributed by atoms with Gasteiger partial charge >= 0.3 is 0 Å². The van der Waals surface area contributed by atoms with Gasteiger partial charge in [-0.1, -0.05) is 18.2 Å². The van der Waals surface area contributed by atoms with E-state index in [2.05, 4.69) is 10.3 Å². The third kappa shape index (κ3) is 3.81. The van der Waals surface area contributed by atoms with Crippen LogP contribution in [-0.4, -0.2) is 22.6 Å². The number of rotatable bonds is 4. The molecule has 2 aromatic carbocycles. The predicted octanol–water partition coefficient (Wildman–Crippen LogP) is 4.65. The molecule has 0 atom stereocenters. The Morgan fingerprint density at radius 2 is 2.00 bits per heavy atom. The van der Waals surface area contributed by atoms with Crippen molar-refractivity contribution >= 4 is 46.3 Å². The van der Waals surface area contributed by atoms with Crippen molar-refractivity contribution in [3.8, 4) is 0 Å². The van der Waals surface area contributed by atoms with Crippen LogP contribution in [-0.2, 0) is 11.3 Å². The summed E-state index contributed by atoms with van der Waals surface area (Å²) >= 11 is 2.94. The van der Waals surface area contributed by atoms with Gasteiger partial charge in [-0.25, -0.2) is 4.98 Å². The van der Waals surface area contributed by atoms with Crippen LogP contribution in [0.5, 0.6) is 0 Å². The van der Waals surface area contributed by atoms with Crippen LogP contribution >= 0.6 is 23.1 Å². The van der Waals surface area contributed by atoms with Gasteiger partial charge < -0.3 is 10.2 Å². The molecule has 0 spiro atoms. The zero-order chi connectivity index (χ0) is 19.7. The molecule has 2 heterocycles. The van der Waals surface area contributed by atoms with Gasteiger partial charge in [-0.15, -0.1) is 23.1 Å². The molecule has 1 aliphatic heterocycles. The molecule has 28 heavy (non-hydrogen) atoms. The minimum atomic E-state index is -0.244. The molecule has 0 unspecified atom stereocenters. The summed E-state index contributed by atoms with van der Waals surface area (Å²) < 4.78 is 0. The number of aryl methyl sites for hydroxylation is 2. The molecule has 5 nitrogen and oxygen atoms in total. The van der Waals surface area contributed by atoms with Gasteiger partial charge in [0.1, 0.15) is 10.7 Å². The molecule has 4 rings (SSSR count). The first-order valence-electron chi connectivity index (χ1n) is 8.86. The number of amides is 2. The number of para-hydroxylation sites is 1. The van der Waals surface area contributed by atoms with E-state index in [0.29, 0.717) is 18.0 Å². The Labute approximate surface area is 171 Å². The maximum absolute atomic E-state index is 12.5. The second-order valence-electron chi connectivity index (χ2n) is 6.62. The number of aromatic nitrogens is 1. The first-order valence-corrected chi connectivity index (χ1v) is 10.7. The maximum atomic E-state index is 12.5. The molecule has 0 saturated heterocycles. The molecule has 1 aromatic heterocycles. The SMILES string of the molecule is Cc1ccc(NC(=O)c2csc(CN3C(=O)CSc4ccccc43)n2)cc1C. The van der Waals surface area contributed by atoms with Gasteiger partial charge in [0.25, 0.3) is 5.91 Å². The second kappa shape index (κ2) is 7.77. The first-order chi connectivity index (χ1) is 13.5. The van der Waals surface area contributed by atoms with Crippen molar-refractivity contribution in [2.75, 3.05) is 16.0 Å². The number of hydrogen-bond acceptors (Lipinski definition) is 5. The maximum Gasteiger partial charge on any atom is 0.275 e. The van der Waals surface area contributed by atoms with Gasteiger partial charge in [-0.2, -0.15) is 0 Å². The number of thioether (sulfide) groups is 1. The van der Waals surface area contributed by atoms with Gasteiger partial charge in [-0.3, -0.25) is 9.59 Å². The predicted molar refractivity (Wildman–Crippen MR) is 114 cm³/mol. The van der Waals surface area contributed by atoms with E-state index >= 15 is 0 Å². The molecule has 3 aromatic rings. The Hall–Kier alpha value is -2.64. The molecule has 0 bridgehead atoms. The molecular weight excluding hydrogens is 390 g/mol. The normalized spacial score (nSPS) is 13.4. The number of nitrogens with zero attached hydrogens (tertiary/aromatic N) is 2. The Morgan fingerprint density at radius 3 is 2.82 bits per heavy atom. The Morgan fingerprint density at radius 1 is 1.18 bits per heavy atom.